The molecule has 208 valence electrons. The van der Waals surface area contributed by atoms with Crippen molar-refractivity contribution in [3.63, 3.8) is 0 Å². The predicted octanol–water partition coefficient (Wildman–Crippen LogP) is 2.79. The maximum Gasteiger partial charge on any atom is 0.321 e. The molecule has 2 aromatic rings. The first-order valence-electron chi connectivity index (χ1n) is 13.7. The lowest BCUT2D eigenvalue weighted by molar-refractivity contribution is -0.134. The van der Waals surface area contributed by atoms with E-state index in [1.165, 1.54) is 12.1 Å². The third-order valence-corrected chi connectivity index (χ3v) is 8.29. The molecule has 2 saturated heterocycles. The van der Waals surface area contributed by atoms with E-state index in [0.717, 1.165) is 24.2 Å². The fraction of sp³-hybridized carbons (Fsp3) is 0.467. The lowest BCUT2D eigenvalue weighted by atomic mass is 9.89. The van der Waals surface area contributed by atoms with Gasteiger partial charge in [-0.3, -0.25) is 9.69 Å². The molecule has 0 spiro atoms. The van der Waals surface area contributed by atoms with Gasteiger partial charge in [-0.15, -0.1) is 0 Å². The van der Waals surface area contributed by atoms with Crippen LogP contribution in [-0.4, -0.2) is 109 Å². The lowest BCUT2D eigenvalue weighted by Gasteiger charge is -2.43. The van der Waals surface area contributed by atoms with Gasteiger partial charge in [-0.2, -0.15) is 0 Å². The molecule has 1 N–H and O–H groups in total. The number of amides is 3. The Kier molecular flexibility index (Phi) is 8.30. The highest BCUT2D eigenvalue weighted by Gasteiger charge is 2.46. The van der Waals surface area contributed by atoms with Crippen molar-refractivity contribution in [3.05, 3.63) is 77.6 Å². The average Bonchev–Trinajstić information content (AvgIpc) is 3.39. The van der Waals surface area contributed by atoms with Crippen molar-refractivity contribution >= 4 is 17.5 Å². The van der Waals surface area contributed by atoms with E-state index in [1.807, 2.05) is 47.4 Å². The number of halogens is 1. The van der Waals surface area contributed by atoms with Gasteiger partial charge < -0.3 is 24.5 Å². The predicted molar refractivity (Wildman–Crippen MR) is 146 cm³/mol. The number of likely N-dealkylation sites (tertiary alicyclic amines) is 1. The summed E-state index contributed by atoms with van der Waals surface area (Å²) in [5.74, 6) is -0.226. The fourth-order valence-corrected chi connectivity index (χ4v) is 5.91. The van der Waals surface area contributed by atoms with E-state index >= 15 is 0 Å². The quantitative estimate of drug-likeness (QED) is 0.615. The van der Waals surface area contributed by atoms with Crippen molar-refractivity contribution in [3.8, 4) is 0 Å². The van der Waals surface area contributed by atoms with Gasteiger partial charge in [0.1, 0.15) is 11.4 Å². The highest BCUT2D eigenvalue weighted by Crippen LogP contribution is 2.41. The molecule has 0 aromatic heterocycles. The summed E-state index contributed by atoms with van der Waals surface area (Å²) < 4.78 is 19.4. The third-order valence-electron chi connectivity index (χ3n) is 8.29. The van der Waals surface area contributed by atoms with Crippen LogP contribution < -0.4 is 0 Å². The van der Waals surface area contributed by atoms with Gasteiger partial charge in [0.05, 0.1) is 26.4 Å². The second-order valence-electron chi connectivity index (χ2n) is 10.6. The van der Waals surface area contributed by atoms with Gasteiger partial charge >= 0.3 is 6.03 Å². The van der Waals surface area contributed by atoms with Gasteiger partial charge in [0.2, 0.25) is 5.91 Å². The summed E-state index contributed by atoms with van der Waals surface area (Å²) in [6.45, 7) is 4.41. The Balaban J connectivity index is 1.30. The Morgan fingerprint density at radius 1 is 1.05 bits per heavy atom. The second kappa shape index (κ2) is 11.9. The summed E-state index contributed by atoms with van der Waals surface area (Å²) in [4.78, 5) is 34.4. The summed E-state index contributed by atoms with van der Waals surface area (Å²) in [6, 6.07) is 15.6. The van der Waals surface area contributed by atoms with Crippen molar-refractivity contribution in [2.24, 2.45) is 0 Å². The van der Waals surface area contributed by atoms with Crippen molar-refractivity contribution in [1.82, 2.24) is 19.6 Å². The van der Waals surface area contributed by atoms with Crippen LogP contribution in [0.4, 0.5) is 9.18 Å². The van der Waals surface area contributed by atoms with Crippen LogP contribution in [0.5, 0.6) is 0 Å². The smallest absolute Gasteiger partial charge is 0.321 e. The van der Waals surface area contributed by atoms with Crippen molar-refractivity contribution < 1.29 is 23.8 Å². The zero-order valence-electron chi connectivity index (χ0n) is 22.5. The zero-order chi connectivity index (χ0) is 27.4. The molecule has 2 fully saturated rings. The number of nitrogens with zero attached hydrogens (tertiary/aromatic N) is 4. The van der Waals surface area contributed by atoms with Crippen LogP contribution in [0.3, 0.4) is 0 Å². The maximum atomic E-state index is 14.1. The first kappa shape index (κ1) is 27.3. The average molecular weight is 537 g/mol. The number of hydrogen-bond acceptors (Lipinski definition) is 5. The zero-order valence-corrected chi connectivity index (χ0v) is 22.5. The minimum atomic E-state index is -1.07. The molecule has 1 unspecified atom stereocenters. The summed E-state index contributed by atoms with van der Waals surface area (Å²) in [5.41, 5.74) is 1.21. The largest absolute Gasteiger partial charge is 0.393 e. The number of ether oxygens (including phenoxy) is 1. The third kappa shape index (κ3) is 5.71. The van der Waals surface area contributed by atoms with E-state index in [2.05, 4.69) is 4.90 Å². The Morgan fingerprint density at radius 2 is 1.77 bits per heavy atom. The number of benzene rings is 2. The van der Waals surface area contributed by atoms with Crippen LogP contribution in [0.1, 0.15) is 24.0 Å². The minimum absolute atomic E-state index is 0.0321. The summed E-state index contributed by atoms with van der Waals surface area (Å²) in [5, 5.41) is 10.7. The number of piperidine rings is 1. The van der Waals surface area contributed by atoms with Gasteiger partial charge in [0.15, 0.2) is 0 Å². The molecular weight excluding hydrogens is 499 g/mol. The standard InChI is InChI=1S/C30H37FN4O4/c1-32(27-10-12-34(13-11-27)28(37)21-33-14-16-39-17-15-33)29(38)35-20-24(23-6-5-9-26(31)18-23)19-30(35,22-36)25-7-3-2-4-8-25/h2-9,18-19,27,36H,10-17,20-22H2,1H3. The van der Waals surface area contributed by atoms with Crippen LogP contribution in [-0.2, 0) is 15.1 Å². The molecule has 5 rings (SSSR count). The van der Waals surface area contributed by atoms with Crippen molar-refractivity contribution in [2.75, 3.05) is 66.1 Å². The SMILES string of the molecule is CN(C(=O)N1CC(c2cccc(F)c2)=CC1(CO)c1ccccc1)C1CCN(C(=O)CN2CCOCC2)CC1. The molecule has 0 aliphatic carbocycles. The molecule has 39 heavy (non-hydrogen) atoms. The topological polar surface area (TPSA) is 76.6 Å². The van der Waals surface area contributed by atoms with E-state index in [0.29, 0.717) is 51.3 Å². The van der Waals surface area contributed by atoms with Crippen molar-refractivity contribution in [1.29, 1.82) is 0 Å². The maximum absolute atomic E-state index is 14.1. The number of morpholine rings is 1. The molecule has 0 bridgehead atoms. The molecule has 1 atom stereocenters. The van der Waals surface area contributed by atoms with Crippen LogP contribution >= 0.6 is 0 Å². The van der Waals surface area contributed by atoms with Gasteiger partial charge in [-0.25, -0.2) is 9.18 Å². The number of carbonyl (C=O) groups is 2. The first-order valence-corrected chi connectivity index (χ1v) is 13.7. The van der Waals surface area contributed by atoms with Crippen molar-refractivity contribution in [2.45, 2.75) is 24.4 Å². The monoisotopic (exact) mass is 536 g/mol. The molecule has 3 aliphatic heterocycles. The lowest BCUT2D eigenvalue weighted by Crippen LogP contribution is -2.56. The molecular formula is C30H37FN4O4. The van der Waals surface area contributed by atoms with E-state index in [-0.39, 0.29) is 36.9 Å². The Morgan fingerprint density at radius 3 is 2.44 bits per heavy atom. The normalized spacial score (nSPS) is 22.6. The van der Waals surface area contributed by atoms with Gasteiger partial charge in [0, 0.05) is 45.8 Å². The summed E-state index contributed by atoms with van der Waals surface area (Å²) in [6.07, 6.45) is 3.27. The van der Waals surface area contributed by atoms with Gasteiger partial charge in [-0.05, 0) is 47.8 Å². The Bertz CT molecular complexity index is 1190. The highest BCUT2D eigenvalue weighted by atomic mass is 19.1. The number of aliphatic hydroxyl groups is 1. The Labute approximate surface area is 229 Å². The van der Waals surface area contributed by atoms with E-state index < -0.39 is 5.54 Å². The number of aliphatic hydroxyl groups excluding tert-OH is 1. The molecule has 9 heteroatoms. The molecule has 2 aromatic carbocycles. The first-order chi connectivity index (χ1) is 18.9. The molecule has 3 heterocycles. The van der Waals surface area contributed by atoms with Crippen LogP contribution in [0.15, 0.2) is 60.7 Å². The van der Waals surface area contributed by atoms with E-state index in [1.54, 1.807) is 22.9 Å². The highest BCUT2D eigenvalue weighted by molar-refractivity contribution is 5.84. The van der Waals surface area contributed by atoms with E-state index in [4.69, 9.17) is 4.74 Å². The fourth-order valence-electron chi connectivity index (χ4n) is 5.91. The second-order valence-corrected chi connectivity index (χ2v) is 10.6. The minimum Gasteiger partial charge on any atom is -0.393 e. The number of carbonyl (C=O) groups excluding carboxylic acids is 2. The molecule has 8 nitrogen and oxygen atoms in total. The number of rotatable bonds is 6. The van der Waals surface area contributed by atoms with Crippen LogP contribution in [0, 0.1) is 5.82 Å². The molecule has 0 saturated carbocycles. The van der Waals surface area contributed by atoms with Crippen LogP contribution in [0.25, 0.3) is 5.57 Å². The molecule has 0 radical (unpaired) electrons. The number of hydrogen-bond donors (Lipinski definition) is 1. The molecule has 3 amide bonds. The van der Waals surface area contributed by atoms with Gasteiger partial charge in [-0.1, -0.05) is 42.5 Å². The molecule has 3 aliphatic rings. The van der Waals surface area contributed by atoms with Crippen LogP contribution in [0.2, 0.25) is 0 Å². The van der Waals surface area contributed by atoms with E-state index in [9.17, 15) is 19.1 Å². The summed E-state index contributed by atoms with van der Waals surface area (Å²) >= 11 is 0. The Hall–Kier alpha value is -3.27. The summed E-state index contributed by atoms with van der Waals surface area (Å²) in [7, 11) is 1.80. The number of urea groups is 1. The van der Waals surface area contributed by atoms with Gasteiger partial charge in [0.25, 0.3) is 0 Å².